The summed E-state index contributed by atoms with van der Waals surface area (Å²) in [6, 6.07) is 10.3. The monoisotopic (exact) mass is 591 g/mol. The minimum Gasteiger partial charge on any atom is -0.505 e. The highest BCUT2D eigenvalue weighted by Gasteiger charge is 2.57. The summed E-state index contributed by atoms with van der Waals surface area (Å²) >= 11 is 0. The zero-order valence-electron chi connectivity index (χ0n) is 24.3. The van der Waals surface area contributed by atoms with Crippen LogP contribution in [-0.2, 0) is 19.0 Å². The third-order valence-corrected chi connectivity index (χ3v) is 8.69. The molecule has 2 aliphatic heterocycles. The molecule has 226 valence electrons. The first-order valence-electron chi connectivity index (χ1n) is 14.7. The highest BCUT2D eigenvalue weighted by atomic mass is 19.1. The molecule has 0 radical (unpaired) electrons. The van der Waals surface area contributed by atoms with Crippen LogP contribution in [0.5, 0.6) is 5.75 Å². The summed E-state index contributed by atoms with van der Waals surface area (Å²) in [7, 11) is -1.31. The maximum Gasteiger partial charge on any atom is 0.488 e. The summed E-state index contributed by atoms with van der Waals surface area (Å²) in [4.78, 5) is 28.7. The fourth-order valence-corrected chi connectivity index (χ4v) is 6.91. The van der Waals surface area contributed by atoms with Crippen LogP contribution in [-0.4, -0.2) is 66.1 Å². The molecule has 12 heteroatoms. The summed E-state index contributed by atoms with van der Waals surface area (Å²) in [5, 5.41) is 39.7. The van der Waals surface area contributed by atoms with Gasteiger partial charge in [-0.25, -0.2) is 4.39 Å². The molecule has 2 aromatic carbocycles. The van der Waals surface area contributed by atoms with Gasteiger partial charge in [0.1, 0.15) is 0 Å². The zero-order chi connectivity index (χ0) is 30.8. The number of rotatable bonds is 10. The Hall–Kier alpha value is -3.28. The lowest BCUT2D eigenvalue weighted by molar-refractivity contribution is -0.122. The second-order valence-electron chi connectivity index (χ2n) is 11.5. The number of nitrogens with zero attached hydrogens (tertiary/aromatic N) is 1. The molecule has 43 heavy (non-hydrogen) atoms. The van der Waals surface area contributed by atoms with Crippen LogP contribution >= 0.6 is 0 Å². The minimum absolute atomic E-state index is 0.160. The highest BCUT2D eigenvalue weighted by Crippen LogP contribution is 2.51. The van der Waals surface area contributed by atoms with Gasteiger partial charge in [0.15, 0.2) is 11.6 Å². The van der Waals surface area contributed by atoms with Crippen LogP contribution in [0, 0.1) is 23.6 Å². The lowest BCUT2D eigenvalue weighted by atomic mass is 9.58. The Morgan fingerprint density at radius 3 is 2.65 bits per heavy atom. The summed E-state index contributed by atoms with van der Waals surface area (Å²) in [6.45, 7) is 2.30. The van der Waals surface area contributed by atoms with Gasteiger partial charge in [-0.1, -0.05) is 43.2 Å². The predicted molar refractivity (Wildman–Crippen MR) is 161 cm³/mol. The largest absolute Gasteiger partial charge is 0.505 e. The van der Waals surface area contributed by atoms with Gasteiger partial charge in [-0.3, -0.25) is 14.5 Å². The molecule has 9 nitrogen and oxygen atoms in total. The van der Waals surface area contributed by atoms with Gasteiger partial charge in [-0.2, -0.15) is 0 Å². The third kappa shape index (κ3) is 6.34. The molecule has 2 aromatic rings. The molecular formula is C31H36B2FNO8. The van der Waals surface area contributed by atoms with E-state index in [0.29, 0.717) is 24.8 Å². The third-order valence-electron chi connectivity index (χ3n) is 8.69. The number of halogens is 1. The van der Waals surface area contributed by atoms with Gasteiger partial charge >= 0.3 is 14.2 Å². The number of amides is 2. The van der Waals surface area contributed by atoms with E-state index in [9.17, 15) is 34.2 Å². The van der Waals surface area contributed by atoms with Crippen molar-refractivity contribution in [3.8, 4) is 5.75 Å². The van der Waals surface area contributed by atoms with Crippen molar-refractivity contribution in [2.45, 2.75) is 51.5 Å². The van der Waals surface area contributed by atoms with Crippen molar-refractivity contribution in [2.75, 3.05) is 18.6 Å². The number of phenolic OH excluding ortho intramolecular Hbond substituents is 1. The molecule has 3 aliphatic rings. The molecule has 4 N–H and O–H groups in total. The summed E-state index contributed by atoms with van der Waals surface area (Å²) in [5.74, 6) is -3.61. The van der Waals surface area contributed by atoms with Crippen molar-refractivity contribution < 1.29 is 43.5 Å². The van der Waals surface area contributed by atoms with Gasteiger partial charge in [0.05, 0.1) is 30.2 Å². The second-order valence-corrected chi connectivity index (χ2v) is 11.5. The van der Waals surface area contributed by atoms with Crippen LogP contribution in [0.3, 0.4) is 0 Å². The first-order valence-corrected chi connectivity index (χ1v) is 14.7. The molecule has 2 saturated heterocycles. The number of imide groups is 1. The number of anilines is 1. The maximum atomic E-state index is 14.0. The van der Waals surface area contributed by atoms with E-state index in [-0.39, 0.29) is 35.9 Å². The Bertz CT molecular complexity index is 1450. The normalized spacial score (nSPS) is 24.0. The van der Waals surface area contributed by atoms with E-state index in [4.69, 9.17) is 9.39 Å². The Balaban J connectivity index is 1.44. The summed E-state index contributed by atoms with van der Waals surface area (Å²) < 4.78 is 25.6. The lowest BCUT2D eigenvalue weighted by Gasteiger charge is -2.43. The van der Waals surface area contributed by atoms with Crippen molar-refractivity contribution >= 4 is 43.3 Å². The van der Waals surface area contributed by atoms with Crippen molar-refractivity contribution in [2.24, 2.45) is 17.8 Å². The van der Waals surface area contributed by atoms with E-state index in [1.807, 2.05) is 13.0 Å². The van der Waals surface area contributed by atoms with Gasteiger partial charge in [0.25, 0.3) is 0 Å². The number of fused-ring (bicyclic) bond motifs is 3. The Kier molecular flexibility index (Phi) is 9.53. The molecular weight excluding hydrogens is 555 g/mol. The molecule has 0 saturated carbocycles. The number of ether oxygens (including phenoxy) is 1. The number of carbonyl (C=O) groups is 2. The zero-order valence-corrected chi connectivity index (χ0v) is 24.3. The van der Waals surface area contributed by atoms with Gasteiger partial charge in [0.2, 0.25) is 11.8 Å². The average molecular weight is 591 g/mol. The smallest absolute Gasteiger partial charge is 0.488 e. The number of hydrogen-bond acceptors (Lipinski definition) is 8. The van der Waals surface area contributed by atoms with Crippen LogP contribution in [0.4, 0.5) is 10.1 Å². The van der Waals surface area contributed by atoms with Crippen molar-refractivity contribution in [1.29, 1.82) is 0 Å². The predicted octanol–water partition coefficient (Wildman–Crippen LogP) is 2.82. The Morgan fingerprint density at radius 1 is 1.16 bits per heavy atom. The van der Waals surface area contributed by atoms with E-state index < -0.39 is 49.7 Å². The standard InChI is InChI=1S/C31H36B2FNO8/c1-3-5-18(12-19-8-10-26(36)25(34)13-19)9-11-27-28-20(17-42-2)14-23-29(24(28)16-32(39)43-27)31(38)35(30(23)37)22-7-4-6-21(15-22)33(40)41/h4,6-8,10,12-13,15,23-24,27,29,36,39-41H,3,5,9,11,14,16-17H2,1-2H3/b18-12+/t23-,24+,27-,29-/m1/s1. The fourth-order valence-electron chi connectivity index (χ4n) is 6.91. The van der Waals surface area contributed by atoms with Crippen LogP contribution < -0.4 is 10.4 Å². The number of allylic oxidation sites excluding steroid dienone is 1. The molecule has 0 aromatic heterocycles. The molecule has 0 spiro atoms. The SMILES string of the molecule is CCC/C(=C\c1ccc(O)c(F)c1)CC[C@H]1OB(O)C[C@H]2C1=C(COC)C[C@H]1C(=O)N(c3cccc(B(O)O)c3)C(=O)[C@H]12. The van der Waals surface area contributed by atoms with Gasteiger partial charge < -0.3 is 29.6 Å². The molecule has 2 fully saturated rings. The van der Waals surface area contributed by atoms with E-state index in [1.54, 1.807) is 25.3 Å². The molecule has 4 atom stereocenters. The number of hydrogen-bond donors (Lipinski definition) is 4. The van der Waals surface area contributed by atoms with Crippen LogP contribution in [0.25, 0.3) is 6.08 Å². The van der Waals surface area contributed by atoms with Gasteiger partial charge in [-0.15, -0.1) is 0 Å². The van der Waals surface area contributed by atoms with Crippen molar-refractivity contribution in [1.82, 2.24) is 0 Å². The van der Waals surface area contributed by atoms with Gasteiger partial charge in [-0.05, 0) is 84.4 Å². The van der Waals surface area contributed by atoms with Gasteiger partial charge in [0, 0.05) is 7.11 Å². The number of aromatic hydroxyl groups is 1. The van der Waals surface area contributed by atoms with E-state index in [2.05, 4.69) is 0 Å². The first-order chi connectivity index (χ1) is 20.6. The number of benzene rings is 2. The van der Waals surface area contributed by atoms with E-state index in [0.717, 1.165) is 34.5 Å². The quantitative estimate of drug-likeness (QED) is 0.188. The van der Waals surface area contributed by atoms with E-state index in [1.165, 1.54) is 24.3 Å². The van der Waals surface area contributed by atoms with Crippen LogP contribution in [0.15, 0.2) is 59.2 Å². The number of phenols is 1. The number of carbonyl (C=O) groups excluding carboxylic acids is 2. The van der Waals surface area contributed by atoms with Crippen LogP contribution in [0.2, 0.25) is 6.32 Å². The highest BCUT2D eigenvalue weighted by molar-refractivity contribution is 6.58. The lowest BCUT2D eigenvalue weighted by Crippen LogP contribution is -2.46. The molecule has 0 bridgehead atoms. The molecule has 2 amide bonds. The average Bonchev–Trinajstić information content (AvgIpc) is 3.22. The molecule has 2 heterocycles. The maximum absolute atomic E-state index is 14.0. The second kappa shape index (κ2) is 13.2. The van der Waals surface area contributed by atoms with E-state index >= 15 is 0 Å². The first kappa shape index (κ1) is 31.2. The van der Waals surface area contributed by atoms with Crippen molar-refractivity contribution in [3.05, 3.63) is 70.6 Å². The topological polar surface area (TPSA) is 137 Å². The summed E-state index contributed by atoms with van der Waals surface area (Å²) in [5.41, 5.74) is 3.90. The minimum atomic E-state index is -1.75. The van der Waals surface area contributed by atoms with Crippen molar-refractivity contribution in [3.63, 3.8) is 0 Å². The van der Waals surface area contributed by atoms with Crippen LogP contribution in [0.1, 0.15) is 44.6 Å². The molecule has 0 unspecified atom stereocenters. The molecule has 5 rings (SSSR count). The Morgan fingerprint density at radius 2 is 1.95 bits per heavy atom. The Labute approximate surface area is 250 Å². The number of methoxy groups -OCH3 is 1. The fraction of sp³-hybridized carbons (Fsp3) is 0.419. The summed E-state index contributed by atoms with van der Waals surface area (Å²) in [6.07, 6.45) is 4.59. The molecule has 1 aliphatic carbocycles.